The van der Waals surface area contributed by atoms with Crippen LogP contribution in [0.4, 0.5) is 0 Å². The predicted octanol–water partition coefficient (Wildman–Crippen LogP) is 2.94. The first-order valence-electron chi connectivity index (χ1n) is 6.27. The maximum Gasteiger partial charge on any atom is 0.213 e. The van der Waals surface area contributed by atoms with E-state index in [1.165, 1.54) is 0 Å². The molecule has 0 N–H and O–H groups in total. The molecule has 0 radical (unpaired) electrons. The number of aromatic nitrogens is 1. The summed E-state index contributed by atoms with van der Waals surface area (Å²) in [4.78, 5) is 4.58. The van der Waals surface area contributed by atoms with Crippen molar-refractivity contribution in [3.63, 3.8) is 0 Å². The van der Waals surface area contributed by atoms with E-state index in [4.69, 9.17) is 9.47 Å². The van der Waals surface area contributed by atoms with Crippen molar-refractivity contribution in [2.24, 2.45) is 0 Å². The molecule has 1 fully saturated rings. The molecule has 17 heavy (non-hydrogen) atoms. The van der Waals surface area contributed by atoms with Crippen LogP contribution in [0, 0.1) is 0 Å². The molecule has 2 heterocycles. The smallest absolute Gasteiger partial charge is 0.213 e. The number of nitrogens with zero attached hydrogens (tertiary/aromatic N) is 1. The number of hydrogen-bond acceptors (Lipinski definition) is 3. The molecule has 0 aliphatic carbocycles. The fraction of sp³-hybridized carbons (Fsp3) is 0.643. The maximum atomic E-state index is 5.90. The van der Waals surface area contributed by atoms with E-state index in [2.05, 4.69) is 31.8 Å². The third-order valence-corrected chi connectivity index (χ3v) is 2.95. The molecule has 3 nitrogen and oxygen atoms in total. The monoisotopic (exact) mass is 235 g/mol. The topological polar surface area (TPSA) is 31.4 Å². The van der Waals surface area contributed by atoms with Crippen molar-refractivity contribution >= 4 is 0 Å². The van der Waals surface area contributed by atoms with Crippen LogP contribution < -0.4 is 4.74 Å². The minimum atomic E-state index is 0.0645. The van der Waals surface area contributed by atoms with Gasteiger partial charge < -0.3 is 9.47 Å². The van der Waals surface area contributed by atoms with Gasteiger partial charge in [-0.05, 0) is 6.07 Å². The third kappa shape index (κ3) is 3.43. The van der Waals surface area contributed by atoms with E-state index in [0.29, 0.717) is 0 Å². The SMILES string of the molecule is CC(C)(C)c1cccc(OC2CCOCC2)n1. The Balaban J connectivity index is 2.05. The molecule has 1 aromatic heterocycles. The Morgan fingerprint density at radius 1 is 1.24 bits per heavy atom. The standard InChI is InChI=1S/C14H21NO2/c1-14(2,3)12-5-4-6-13(15-12)17-11-7-9-16-10-8-11/h4-6,11H,7-10H2,1-3H3. The Morgan fingerprint density at radius 2 is 1.94 bits per heavy atom. The van der Waals surface area contributed by atoms with Crippen molar-refractivity contribution in [1.29, 1.82) is 0 Å². The van der Waals surface area contributed by atoms with E-state index in [9.17, 15) is 0 Å². The molecule has 0 saturated carbocycles. The Labute approximate surface area is 103 Å². The highest BCUT2D eigenvalue weighted by molar-refractivity contribution is 5.20. The summed E-state index contributed by atoms with van der Waals surface area (Å²) in [6.45, 7) is 8.07. The van der Waals surface area contributed by atoms with E-state index in [1.807, 2.05) is 12.1 Å². The van der Waals surface area contributed by atoms with Crippen molar-refractivity contribution in [2.75, 3.05) is 13.2 Å². The highest BCUT2D eigenvalue weighted by Crippen LogP contribution is 2.23. The van der Waals surface area contributed by atoms with Crippen molar-refractivity contribution in [2.45, 2.75) is 45.1 Å². The molecular formula is C14H21NO2. The van der Waals surface area contributed by atoms with Gasteiger partial charge in [-0.3, -0.25) is 0 Å². The first-order valence-corrected chi connectivity index (χ1v) is 6.27. The lowest BCUT2D eigenvalue weighted by atomic mass is 9.92. The van der Waals surface area contributed by atoms with Gasteiger partial charge in [-0.2, -0.15) is 0 Å². The van der Waals surface area contributed by atoms with Gasteiger partial charge in [0.2, 0.25) is 5.88 Å². The second-order valence-electron chi connectivity index (χ2n) is 5.54. The predicted molar refractivity (Wildman–Crippen MR) is 67.4 cm³/mol. The van der Waals surface area contributed by atoms with E-state index in [0.717, 1.165) is 37.6 Å². The van der Waals surface area contributed by atoms with Crippen LogP contribution >= 0.6 is 0 Å². The second kappa shape index (κ2) is 5.05. The van der Waals surface area contributed by atoms with Crippen LogP contribution in [0.3, 0.4) is 0 Å². The average molecular weight is 235 g/mol. The van der Waals surface area contributed by atoms with Gasteiger partial charge >= 0.3 is 0 Å². The summed E-state index contributed by atoms with van der Waals surface area (Å²) in [5.74, 6) is 0.740. The second-order valence-corrected chi connectivity index (χ2v) is 5.54. The zero-order valence-corrected chi connectivity index (χ0v) is 10.9. The molecule has 0 spiro atoms. The Hall–Kier alpha value is -1.09. The highest BCUT2D eigenvalue weighted by Gasteiger charge is 2.18. The zero-order valence-electron chi connectivity index (χ0n) is 10.9. The number of rotatable bonds is 2. The molecule has 0 aromatic carbocycles. The van der Waals surface area contributed by atoms with Gasteiger partial charge in [0, 0.05) is 30.0 Å². The van der Waals surface area contributed by atoms with Crippen LogP contribution in [0.2, 0.25) is 0 Å². The van der Waals surface area contributed by atoms with Gasteiger partial charge in [-0.25, -0.2) is 4.98 Å². The molecule has 94 valence electrons. The van der Waals surface area contributed by atoms with Crippen LogP contribution in [0.25, 0.3) is 0 Å². The molecule has 1 aromatic rings. The molecule has 3 heteroatoms. The van der Waals surface area contributed by atoms with Crippen molar-refractivity contribution in [1.82, 2.24) is 4.98 Å². The molecule has 2 rings (SSSR count). The average Bonchev–Trinajstić information content (AvgIpc) is 2.29. The first-order chi connectivity index (χ1) is 8.05. The lowest BCUT2D eigenvalue weighted by molar-refractivity contribution is 0.0236. The highest BCUT2D eigenvalue weighted by atomic mass is 16.5. The van der Waals surface area contributed by atoms with Gasteiger partial charge in [0.05, 0.1) is 13.2 Å². The Bertz CT molecular complexity index is 365. The third-order valence-electron chi connectivity index (χ3n) is 2.95. The van der Waals surface area contributed by atoms with Gasteiger partial charge in [0.25, 0.3) is 0 Å². The minimum Gasteiger partial charge on any atom is -0.474 e. The first kappa shape index (κ1) is 12.4. The fourth-order valence-electron chi connectivity index (χ4n) is 1.86. The van der Waals surface area contributed by atoms with Crippen molar-refractivity contribution in [3.05, 3.63) is 23.9 Å². The fourth-order valence-corrected chi connectivity index (χ4v) is 1.86. The number of ether oxygens (including phenoxy) is 2. The molecule has 0 atom stereocenters. The molecule has 0 amide bonds. The summed E-state index contributed by atoms with van der Waals surface area (Å²) >= 11 is 0. The van der Waals surface area contributed by atoms with Gasteiger partial charge in [-0.1, -0.05) is 26.8 Å². The van der Waals surface area contributed by atoms with E-state index in [1.54, 1.807) is 0 Å². The van der Waals surface area contributed by atoms with E-state index < -0.39 is 0 Å². The Kier molecular flexibility index (Phi) is 3.67. The van der Waals surface area contributed by atoms with Crippen LogP contribution in [0.15, 0.2) is 18.2 Å². The summed E-state index contributed by atoms with van der Waals surface area (Å²) in [6, 6.07) is 6.00. The summed E-state index contributed by atoms with van der Waals surface area (Å²) < 4.78 is 11.2. The summed E-state index contributed by atoms with van der Waals surface area (Å²) in [6.07, 6.45) is 2.18. The van der Waals surface area contributed by atoms with Crippen LogP contribution in [0.5, 0.6) is 5.88 Å². The van der Waals surface area contributed by atoms with Crippen LogP contribution in [-0.2, 0) is 10.2 Å². The Morgan fingerprint density at radius 3 is 2.59 bits per heavy atom. The summed E-state index contributed by atoms with van der Waals surface area (Å²) in [5.41, 5.74) is 1.14. The largest absolute Gasteiger partial charge is 0.474 e. The summed E-state index contributed by atoms with van der Waals surface area (Å²) in [5, 5.41) is 0. The molecular weight excluding hydrogens is 214 g/mol. The van der Waals surface area contributed by atoms with Crippen molar-refractivity contribution < 1.29 is 9.47 Å². The number of pyridine rings is 1. The lowest BCUT2D eigenvalue weighted by Gasteiger charge is -2.24. The molecule has 0 unspecified atom stereocenters. The van der Waals surface area contributed by atoms with Gasteiger partial charge in [0.1, 0.15) is 6.10 Å². The normalized spacial score (nSPS) is 18.1. The van der Waals surface area contributed by atoms with Crippen LogP contribution in [0.1, 0.15) is 39.3 Å². The molecule has 0 bridgehead atoms. The molecule has 1 aliphatic heterocycles. The quantitative estimate of drug-likeness (QED) is 0.789. The molecule has 1 aliphatic rings. The van der Waals surface area contributed by atoms with E-state index in [-0.39, 0.29) is 11.5 Å². The van der Waals surface area contributed by atoms with Crippen molar-refractivity contribution in [3.8, 4) is 5.88 Å². The van der Waals surface area contributed by atoms with E-state index >= 15 is 0 Å². The van der Waals surface area contributed by atoms with Crippen LogP contribution in [-0.4, -0.2) is 24.3 Å². The van der Waals surface area contributed by atoms with Gasteiger partial charge in [0.15, 0.2) is 0 Å². The number of hydrogen-bond donors (Lipinski definition) is 0. The lowest BCUT2D eigenvalue weighted by Crippen LogP contribution is -2.26. The summed E-state index contributed by atoms with van der Waals surface area (Å²) in [7, 11) is 0. The molecule has 1 saturated heterocycles. The zero-order chi connectivity index (χ0) is 12.3. The maximum absolute atomic E-state index is 5.90. The van der Waals surface area contributed by atoms with Gasteiger partial charge in [-0.15, -0.1) is 0 Å². The minimum absolute atomic E-state index is 0.0645.